The van der Waals surface area contributed by atoms with Crippen LogP contribution in [-0.2, 0) is 4.79 Å². The Morgan fingerprint density at radius 1 is 1.24 bits per heavy atom. The van der Waals surface area contributed by atoms with Crippen molar-refractivity contribution in [2.24, 2.45) is 10.1 Å². The molecule has 0 unspecified atom stereocenters. The van der Waals surface area contributed by atoms with E-state index in [1.165, 1.54) is 11.3 Å². The summed E-state index contributed by atoms with van der Waals surface area (Å²) in [4.78, 5) is 17.1. The molecule has 1 aliphatic heterocycles. The fourth-order valence-electron chi connectivity index (χ4n) is 3.22. The Morgan fingerprint density at radius 3 is 2.82 bits per heavy atom. The first-order valence-corrected chi connectivity index (χ1v) is 11.1. The molecule has 8 nitrogen and oxygen atoms in total. The van der Waals surface area contributed by atoms with Gasteiger partial charge in [0.2, 0.25) is 4.80 Å². The third kappa shape index (κ3) is 4.98. The number of methoxy groups -OCH3 is 2. The largest absolute Gasteiger partial charge is 0.493 e. The smallest absolute Gasteiger partial charge is 0.262 e. The zero-order valence-electron chi connectivity index (χ0n) is 18.6. The molecule has 0 fully saturated rings. The summed E-state index contributed by atoms with van der Waals surface area (Å²) in [6.07, 6.45) is 1.74. The maximum Gasteiger partial charge on any atom is 0.262 e. The molecule has 0 bridgehead atoms. The van der Waals surface area contributed by atoms with Gasteiger partial charge in [0, 0.05) is 10.9 Å². The molecule has 33 heavy (non-hydrogen) atoms. The van der Waals surface area contributed by atoms with Gasteiger partial charge in [-0.05, 0) is 48.9 Å². The minimum atomic E-state index is -0.179. The average Bonchev–Trinajstić information content (AvgIpc) is 3.23. The van der Waals surface area contributed by atoms with Crippen LogP contribution in [0.15, 0.2) is 64.0 Å². The normalized spacial score (nSPS) is 13.4. The van der Waals surface area contributed by atoms with Crippen LogP contribution in [0, 0.1) is 0 Å². The van der Waals surface area contributed by atoms with Gasteiger partial charge in [-0.3, -0.25) is 9.79 Å². The molecule has 1 aliphatic rings. The predicted molar refractivity (Wildman–Crippen MR) is 130 cm³/mol. The monoisotopic (exact) mass is 464 g/mol. The molecule has 0 spiro atoms. The highest BCUT2D eigenvalue weighted by Crippen LogP contribution is 2.33. The molecule has 0 saturated heterocycles. The first-order chi connectivity index (χ1) is 16.0. The number of thiazole rings is 1. The van der Waals surface area contributed by atoms with Crippen LogP contribution in [0.4, 0.5) is 5.69 Å². The van der Waals surface area contributed by atoms with Crippen molar-refractivity contribution in [3.8, 4) is 28.5 Å². The molecule has 0 radical (unpaired) electrons. The fraction of sp³-hybridized carbons (Fsp3) is 0.208. The van der Waals surface area contributed by atoms with Crippen molar-refractivity contribution in [3.63, 3.8) is 0 Å². The topological polar surface area (TPSA) is 86.4 Å². The first kappa shape index (κ1) is 22.3. The van der Waals surface area contributed by atoms with E-state index < -0.39 is 0 Å². The van der Waals surface area contributed by atoms with E-state index in [1.54, 1.807) is 25.1 Å². The Hall–Kier alpha value is -3.85. The standard InChI is InChI=1S/C24H24N4O4S/c1-15(2)11-25-24-28(26-12-16-5-7-21(30-3)22(9-16)31-4)19(14-33-24)17-6-8-20-18(10-17)27-23(29)13-32-20/h5-10,12,14H,1,11,13H2,2-4H3,(H,27,29). The van der Waals surface area contributed by atoms with E-state index in [4.69, 9.17) is 19.3 Å². The molecular weight excluding hydrogens is 440 g/mol. The molecule has 1 aromatic heterocycles. The molecule has 4 rings (SSSR count). The lowest BCUT2D eigenvalue weighted by Crippen LogP contribution is -2.25. The number of fused-ring (bicyclic) bond motifs is 1. The van der Waals surface area contributed by atoms with Crippen molar-refractivity contribution < 1.29 is 19.0 Å². The first-order valence-electron chi connectivity index (χ1n) is 10.2. The number of benzene rings is 2. The predicted octanol–water partition coefficient (Wildman–Crippen LogP) is 3.92. The molecule has 0 atom stereocenters. The number of nitrogens with zero attached hydrogens (tertiary/aromatic N) is 3. The number of hydrogen-bond acceptors (Lipinski definition) is 7. The molecule has 3 aromatic rings. The van der Waals surface area contributed by atoms with Gasteiger partial charge >= 0.3 is 0 Å². The van der Waals surface area contributed by atoms with E-state index in [9.17, 15) is 4.79 Å². The Bertz CT molecular complexity index is 1310. The van der Waals surface area contributed by atoms with Gasteiger partial charge in [-0.2, -0.15) is 5.10 Å². The minimum absolute atomic E-state index is 0.0182. The highest BCUT2D eigenvalue weighted by Gasteiger charge is 2.18. The van der Waals surface area contributed by atoms with Gasteiger partial charge in [0.1, 0.15) is 5.75 Å². The van der Waals surface area contributed by atoms with Gasteiger partial charge in [0.15, 0.2) is 18.1 Å². The quantitative estimate of drug-likeness (QED) is 0.424. The van der Waals surface area contributed by atoms with Gasteiger partial charge in [0.05, 0.1) is 38.4 Å². The summed E-state index contributed by atoms with van der Waals surface area (Å²) >= 11 is 1.48. The molecule has 2 heterocycles. The number of hydrogen-bond donors (Lipinski definition) is 1. The lowest BCUT2D eigenvalue weighted by atomic mass is 10.1. The van der Waals surface area contributed by atoms with Gasteiger partial charge in [-0.15, -0.1) is 11.3 Å². The maximum atomic E-state index is 11.7. The maximum absolute atomic E-state index is 11.7. The van der Waals surface area contributed by atoms with Crippen LogP contribution in [0.5, 0.6) is 17.2 Å². The SMILES string of the molecule is C=C(C)CN=c1scc(-c2ccc3c(c2)NC(=O)CO3)n1N=Cc1ccc(OC)c(OC)c1. The Morgan fingerprint density at radius 2 is 2.06 bits per heavy atom. The molecule has 2 aromatic carbocycles. The van der Waals surface area contributed by atoms with E-state index in [2.05, 4.69) is 16.9 Å². The van der Waals surface area contributed by atoms with Crippen LogP contribution in [0.3, 0.4) is 0 Å². The van der Waals surface area contributed by atoms with E-state index in [-0.39, 0.29) is 12.5 Å². The summed E-state index contributed by atoms with van der Waals surface area (Å²) in [5, 5.41) is 9.54. The van der Waals surface area contributed by atoms with Crippen molar-refractivity contribution in [2.75, 3.05) is 32.7 Å². The summed E-state index contributed by atoms with van der Waals surface area (Å²) in [5.41, 5.74) is 4.13. The van der Waals surface area contributed by atoms with Crippen molar-refractivity contribution in [2.45, 2.75) is 6.92 Å². The summed E-state index contributed by atoms with van der Waals surface area (Å²) in [5.74, 6) is 1.73. The van der Waals surface area contributed by atoms with Gasteiger partial charge in [0.25, 0.3) is 5.91 Å². The number of aromatic nitrogens is 1. The van der Waals surface area contributed by atoms with Crippen LogP contribution in [0.25, 0.3) is 11.3 Å². The highest BCUT2D eigenvalue weighted by atomic mass is 32.1. The second-order valence-corrected chi connectivity index (χ2v) is 8.23. The lowest BCUT2D eigenvalue weighted by Gasteiger charge is -2.18. The fourth-order valence-corrected chi connectivity index (χ4v) is 4.06. The molecule has 9 heteroatoms. The molecule has 1 amide bonds. The molecule has 0 saturated carbocycles. The number of amides is 1. The van der Waals surface area contributed by atoms with Crippen molar-refractivity contribution in [1.82, 2.24) is 4.68 Å². The van der Waals surface area contributed by atoms with Gasteiger partial charge < -0.3 is 19.5 Å². The molecular formula is C24H24N4O4S. The zero-order chi connectivity index (χ0) is 23.4. The number of carbonyl (C=O) groups is 1. The lowest BCUT2D eigenvalue weighted by molar-refractivity contribution is -0.118. The third-order valence-corrected chi connectivity index (χ3v) is 5.66. The second kappa shape index (κ2) is 9.74. The van der Waals surface area contributed by atoms with Crippen LogP contribution < -0.4 is 24.3 Å². The van der Waals surface area contributed by atoms with Crippen LogP contribution in [-0.4, -0.2) is 44.2 Å². The third-order valence-electron chi connectivity index (χ3n) is 4.81. The zero-order valence-corrected chi connectivity index (χ0v) is 19.4. The van der Waals surface area contributed by atoms with E-state index in [0.29, 0.717) is 29.5 Å². The Balaban J connectivity index is 1.77. The number of nitrogens with one attached hydrogen (secondary N) is 1. The van der Waals surface area contributed by atoms with Crippen LogP contribution in [0.2, 0.25) is 0 Å². The number of rotatable bonds is 7. The van der Waals surface area contributed by atoms with Crippen LogP contribution in [0.1, 0.15) is 12.5 Å². The summed E-state index contributed by atoms with van der Waals surface area (Å²) < 4.78 is 18.0. The Kier molecular flexibility index (Phi) is 6.60. The molecule has 1 N–H and O–H groups in total. The average molecular weight is 465 g/mol. The highest BCUT2D eigenvalue weighted by molar-refractivity contribution is 7.07. The molecule has 170 valence electrons. The minimum Gasteiger partial charge on any atom is -0.493 e. The van der Waals surface area contributed by atoms with E-state index >= 15 is 0 Å². The number of ether oxygens (including phenoxy) is 3. The van der Waals surface area contributed by atoms with E-state index in [0.717, 1.165) is 27.2 Å². The Labute approximate surface area is 195 Å². The number of anilines is 1. The van der Waals surface area contributed by atoms with E-state index in [1.807, 2.05) is 48.7 Å². The number of carbonyl (C=O) groups excluding carboxylic acids is 1. The summed E-state index contributed by atoms with van der Waals surface area (Å²) in [6, 6.07) is 11.2. The summed E-state index contributed by atoms with van der Waals surface area (Å²) in [6.45, 7) is 6.38. The second-order valence-electron chi connectivity index (χ2n) is 7.40. The van der Waals surface area contributed by atoms with Crippen LogP contribution >= 0.6 is 11.3 Å². The summed E-state index contributed by atoms with van der Waals surface area (Å²) in [7, 11) is 3.19. The molecule has 0 aliphatic carbocycles. The van der Waals surface area contributed by atoms with Crippen molar-refractivity contribution in [1.29, 1.82) is 0 Å². The van der Waals surface area contributed by atoms with Crippen molar-refractivity contribution in [3.05, 3.63) is 64.3 Å². The van der Waals surface area contributed by atoms with Crippen molar-refractivity contribution >= 4 is 29.1 Å². The van der Waals surface area contributed by atoms with Gasteiger partial charge in [-0.1, -0.05) is 12.2 Å². The van der Waals surface area contributed by atoms with Gasteiger partial charge in [-0.25, -0.2) is 4.68 Å².